The summed E-state index contributed by atoms with van der Waals surface area (Å²) in [6, 6.07) is 2.98. The van der Waals surface area contributed by atoms with Crippen LogP contribution in [0.15, 0.2) is 12.1 Å². The summed E-state index contributed by atoms with van der Waals surface area (Å²) in [5.41, 5.74) is 0.529. The molecule has 1 unspecified atom stereocenters. The lowest BCUT2D eigenvalue weighted by Gasteiger charge is -2.22. The number of nitrogens with zero attached hydrogens (tertiary/aromatic N) is 1. The van der Waals surface area contributed by atoms with Crippen molar-refractivity contribution < 1.29 is 9.13 Å². The normalized spacial score (nSPS) is 21.3. The van der Waals surface area contributed by atoms with E-state index in [0.29, 0.717) is 11.6 Å². The van der Waals surface area contributed by atoms with Crippen molar-refractivity contribution in [3.05, 3.63) is 23.6 Å². The minimum absolute atomic E-state index is 0.175. The fourth-order valence-electron chi connectivity index (χ4n) is 1.92. The van der Waals surface area contributed by atoms with Gasteiger partial charge < -0.3 is 10.1 Å². The summed E-state index contributed by atoms with van der Waals surface area (Å²) in [7, 11) is 1.54. The number of hydrogen-bond donors (Lipinski definition) is 1. The summed E-state index contributed by atoms with van der Waals surface area (Å²) >= 11 is 0. The first kappa shape index (κ1) is 10.4. The molecule has 0 radical (unpaired) electrons. The lowest BCUT2D eigenvalue weighted by molar-refractivity contribution is 0.383. The summed E-state index contributed by atoms with van der Waals surface area (Å²) in [4.78, 5) is 4.18. The lowest BCUT2D eigenvalue weighted by Crippen LogP contribution is -2.29. The predicted octanol–water partition coefficient (Wildman–Crippen LogP) is 1.70. The highest BCUT2D eigenvalue weighted by Crippen LogP contribution is 2.25. The van der Waals surface area contributed by atoms with E-state index in [0.717, 1.165) is 25.9 Å². The van der Waals surface area contributed by atoms with Crippen LogP contribution >= 0.6 is 0 Å². The molecular weight excluding hydrogens is 195 g/mol. The Labute approximate surface area is 88.7 Å². The molecule has 2 rings (SSSR count). The molecule has 0 aromatic carbocycles. The Balaban J connectivity index is 2.24. The van der Waals surface area contributed by atoms with Crippen LogP contribution in [-0.4, -0.2) is 25.2 Å². The van der Waals surface area contributed by atoms with Crippen LogP contribution in [0.25, 0.3) is 0 Å². The highest BCUT2D eigenvalue weighted by molar-refractivity contribution is 5.21. The molecule has 1 aliphatic rings. The fourth-order valence-corrected chi connectivity index (χ4v) is 1.92. The zero-order valence-electron chi connectivity index (χ0n) is 8.79. The van der Waals surface area contributed by atoms with Crippen LogP contribution in [-0.2, 0) is 0 Å². The van der Waals surface area contributed by atoms with Gasteiger partial charge in [0.15, 0.2) is 0 Å². The summed E-state index contributed by atoms with van der Waals surface area (Å²) < 4.78 is 18.5. The molecule has 1 N–H and O–H groups in total. The van der Waals surface area contributed by atoms with Crippen LogP contribution in [0.5, 0.6) is 5.88 Å². The summed E-state index contributed by atoms with van der Waals surface area (Å²) in [5.74, 6) is 0.426. The Hall–Kier alpha value is -1.16. The second-order valence-electron chi connectivity index (χ2n) is 3.76. The van der Waals surface area contributed by atoms with Crippen molar-refractivity contribution in [3.8, 4) is 5.88 Å². The molecule has 1 aromatic rings. The molecule has 0 spiro atoms. The standard InChI is InChI=1S/C11H15FN2O/c1-15-10-5-4-9(12)11(14-10)8-3-2-6-13-7-8/h4-5,8,13H,2-3,6-7H2,1H3. The maximum absolute atomic E-state index is 13.5. The average molecular weight is 210 g/mol. The van der Waals surface area contributed by atoms with Crippen molar-refractivity contribution in [3.63, 3.8) is 0 Å². The van der Waals surface area contributed by atoms with Crippen LogP contribution in [0.3, 0.4) is 0 Å². The van der Waals surface area contributed by atoms with Gasteiger partial charge in [0.05, 0.1) is 12.8 Å². The average Bonchev–Trinajstić information content (AvgIpc) is 2.31. The van der Waals surface area contributed by atoms with E-state index in [1.54, 1.807) is 13.2 Å². The Kier molecular flexibility index (Phi) is 3.16. The summed E-state index contributed by atoms with van der Waals surface area (Å²) in [6.07, 6.45) is 2.06. The van der Waals surface area contributed by atoms with Crippen molar-refractivity contribution >= 4 is 0 Å². The van der Waals surface area contributed by atoms with Crippen LogP contribution in [0.2, 0.25) is 0 Å². The maximum Gasteiger partial charge on any atom is 0.213 e. The highest BCUT2D eigenvalue weighted by atomic mass is 19.1. The van der Waals surface area contributed by atoms with E-state index in [9.17, 15) is 4.39 Å². The molecule has 2 heterocycles. The molecule has 4 heteroatoms. The minimum atomic E-state index is -0.232. The van der Waals surface area contributed by atoms with Crippen molar-refractivity contribution in [2.75, 3.05) is 20.2 Å². The van der Waals surface area contributed by atoms with Gasteiger partial charge in [-0.05, 0) is 25.5 Å². The Morgan fingerprint density at radius 2 is 2.40 bits per heavy atom. The summed E-state index contributed by atoms with van der Waals surface area (Å²) in [5, 5.41) is 3.25. The molecule has 0 amide bonds. The van der Waals surface area contributed by atoms with E-state index in [2.05, 4.69) is 10.3 Å². The SMILES string of the molecule is COc1ccc(F)c(C2CCCNC2)n1. The molecule has 1 atom stereocenters. The third kappa shape index (κ3) is 2.26. The number of pyridine rings is 1. The molecule has 82 valence electrons. The first-order valence-corrected chi connectivity index (χ1v) is 5.22. The largest absolute Gasteiger partial charge is 0.481 e. The smallest absolute Gasteiger partial charge is 0.213 e. The Bertz CT molecular complexity index is 337. The van der Waals surface area contributed by atoms with E-state index in [1.165, 1.54) is 6.07 Å². The maximum atomic E-state index is 13.5. The first-order valence-electron chi connectivity index (χ1n) is 5.22. The molecule has 1 aliphatic heterocycles. The van der Waals surface area contributed by atoms with Crippen molar-refractivity contribution in [1.29, 1.82) is 0 Å². The molecule has 3 nitrogen and oxygen atoms in total. The Morgan fingerprint density at radius 3 is 3.07 bits per heavy atom. The quantitative estimate of drug-likeness (QED) is 0.806. The first-order chi connectivity index (χ1) is 7.31. The van der Waals surface area contributed by atoms with Gasteiger partial charge in [-0.3, -0.25) is 0 Å². The van der Waals surface area contributed by atoms with Gasteiger partial charge in [0.2, 0.25) is 5.88 Å². The Morgan fingerprint density at radius 1 is 1.53 bits per heavy atom. The molecule has 1 aromatic heterocycles. The van der Waals surface area contributed by atoms with Crippen LogP contribution in [0.1, 0.15) is 24.5 Å². The van der Waals surface area contributed by atoms with E-state index in [1.807, 2.05) is 0 Å². The number of hydrogen-bond acceptors (Lipinski definition) is 3. The fraction of sp³-hybridized carbons (Fsp3) is 0.545. The van der Waals surface area contributed by atoms with Crippen LogP contribution < -0.4 is 10.1 Å². The molecular formula is C11H15FN2O. The number of rotatable bonds is 2. The monoisotopic (exact) mass is 210 g/mol. The molecule has 1 fully saturated rings. The van der Waals surface area contributed by atoms with E-state index in [4.69, 9.17) is 4.74 Å². The van der Waals surface area contributed by atoms with E-state index < -0.39 is 0 Å². The van der Waals surface area contributed by atoms with Gasteiger partial charge in [0.1, 0.15) is 5.82 Å². The van der Waals surface area contributed by atoms with Crippen LogP contribution in [0, 0.1) is 5.82 Å². The van der Waals surface area contributed by atoms with Gasteiger partial charge in [-0.2, -0.15) is 0 Å². The number of piperidine rings is 1. The summed E-state index contributed by atoms with van der Waals surface area (Å²) in [6.45, 7) is 1.82. The topological polar surface area (TPSA) is 34.1 Å². The zero-order chi connectivity index (χ0) is 10.7. The van der Waals surface area contributed by atoms with E-state index >= 15 is 0 Å². The second kappa shape index (κ2) is 4.57. The van der Waals surface area contributed by atoms with Gasteiger partial charge in [0.25, 0.3) is 0 Å². The van der Waals surface area contributed by atoms with Gasteiger partial charge in [0, 0.05) is 18.5 Å². The minimum Gasteiger partial charge on any atom is -0.481 e. The van der Waals surface area contributed by atoms with Gasteiger partial charge in [-0.1, -0.05) is 0 Å². The van der Waals surface area contributed by atoms with Crippen molar-refractivity contribution in [2.45, 2.75) is 18.8 Å². The molecule has 0 saturated carbocycles. The molecule has 1 saturated heterocycles. The van der Waals surface area contributed by atoms with Gasteiger partial charge in [-0.25, -0.2) is 9.37 Å². The van der Waals surface area contributed by atoms with Gasteiger partial charge >= 0.3 is 0 Å². The van der Waals surface area contributed by atoms with E-state index in [-0.39, 0.29) is 11.7 Å². The highest BCUT2D eigenvalue weighted by Gasteiger charge is 2.20. The number of halogens is 1. The van der Waals surface area contributed by atoms with Crippen molar-refractivity contribution in [1.82, 2.24) is 10.3 Å². The molecule has 0 bridgehead atoms. The lowest BCUT2D eigenvalue weighted by atomic mass is 9.95. The number of nitrogens with one attached hydrogen (secondary N) is 1. The van der Waals surface area contributed by atoms with Gasteiger partial charge in [-0.15, -0.1) is 0 Å². The van der Waals surface area contributed by atoms with Crippen molar-refractivity contribution in [2.24, 2.45) is 0 Å². The number of ether oxygens (including phenoxy) is 1. The van der Waals surface area contributed by atoms with Crippen LogP contribution in [0.4, 0.5) is 4.39 Å². The third-order valence-corrected chi connectivity index (χ3v) is 2.74. The third-order valence-electron chi connectivity index (χ3n) is 2.74. The molecule has 15 heavy (non-hydrogen) atoms. The predicted molar refractivity (Wildman–Crippen MR) is 55.6 cm³/mol. The molecule has 0 aliphatic carbocycles. The zero-order valence-corrected chi connectivity index (χ0v) is 8.79. The number of aromatic nitrogens is 1. The second-order valence-corrected chi connectivity index (χ2v) is 3.76. The number of methoxy groups -OCH3 is 1.